The minimum atomic E-state index is -0.644. The molecule has 0 bridgehead atoms. The number of nitriles is 1. The highest BCUT2D eigenvalue weighted by molar-refractivity contribution is 6.09. The van der Waals surface area contributed by atoms with Crippen LogP contribution in [0.4, 0.5) is 15.8 Å². The van der Waals surface area contributed by atoms with Crippen LogP contribution in [0.2, 0.25) is 0 Å². The van der Waals surface area contributed by atoms with E-state index in [1.807, 2.05) is 30.3 Å². The van der Waals surface area contributed by atoms with Gasteiger partial charge in [-0.15, -0.1) is 0 Å². The maximum Gasteiger partial charge on any atom is 0.266 e. The first-order valence-corrected chi connectivity index (χ1v) is 8.28. The minimum absolute atomic E-state index is 0.0429. The molecule has 1 heterocycles. The highest BCUT2D eigenvalue weighted by Crippen LogP contribution is 2.19. The molecule has 26 heavy (non-hydrogen) atoms. The van der Waals surface area contributed by atoms with Crippen LogP contribution in [-0.2, 0) is 9.53 Å². The summed E-state index contributed by atoms with van der Waals surface area (Å²) in [6, 6.07) is 15.3. The molecule has 1 N–H and O–H groups in total. The van der Waals surface area contributed by atoms with Crippen LogP contribution in [0, 0.1) is 17.1 Å². The summed E-state index contributed by atoms with van der Waals surface area (Å²) in [5, 5.41) is 11.7. The Morgan fingerprint density at radius 2 is 1.85 bits per heavy atom. The van der Waals surface area contributed by atoms with Crippen LogP contribution in [0.5, 0.6) is 0 Å². The van der Waals surface area contributed by atoms with Crippen LogP contribution in [0.25, 0.3) is 6.08 Å². The van der Waals surface area contributed by atoms with Crippen molar-refractivity contribution in [3.63, 3.8) is 0 Å². The third-order valence-electron chi connectivity index (χ3n) is 4.07. The van der Waals surface area contributed by atoms with E-state index in [1.54, 1.807) is 6.07 Å². The number of halogens is 1. The first-order chi connectivity index (χ1) is 12.7. The number of carbonyl (C=O) groups is 1. The maximum absolute atomic E-state index is 13.6. The van der Waals surface area contributed by atoms with E-state index in [2.05, 4.69) is 10.2 Å². The van der Waals surface area contributed by atoms with Gasteiger partial charge in [-0.3, -0.25) is 4.79 Å². The Morgan fingerprint density at radius 3 is 2.50 bits per heavy atom. The predicted octanol–water partition coefficient (Wildman–Crippen LogP) is 3.21. The van der Waals surface area contributed by atoms with Gasteiger partial charge in [0.05, 0.1) is 18.9 Å². The van der Waals surface area contributed by atoms with Gasteiger partial charge in [-0.2, -0.15) is 5.26 Å². The van der Waals surface area contributed by atoms with E-state index >= 15 is 0 Å². The molecule has 3 rings (SSSR count). The summed E-state index contributed by atoms with van der Waals surface area (Å²) in [5.74, 6) is -1.19. The smallest absolute Gasteiger partial charge is 0.266 e. The third kappa shape index (κ3) is 4.26. The summed E-state index contributed by atoms with van der Waals surface area (Å²) in [7, 11) is 0. The lowest BCUT2D eigenvalue weighted by Crippen LogP contribution is -2.36. The van der Waals surface area contributed by atoms with Crippen LogP contribution in [-0.4, -0.2) is 32.2 Å². The molecule has 2 aromatic rings. The van der Waals surface area contributed by atoms with Crippen molar-refractivity contribution in [3.8, 4) is 6.07 Å². The highest BCUT2D eigenvalue weighted by Gasteiger charge is 2.13. The molecular formula is C20H18FN3O2. The normalized spacial score (nSPS) is 14.6. The van der Waals surface area contributed by atoms with Crippen LogP contribution >= 0.6 is 0 Å². The zero-order chi connectivity index (χ0) is 18.4. The van der Waals surface area contributed by atoms with Gasteiger partial charge >= 0.3 is 0 Å². The lowest BCUT2D eigenvalue weighted by molar-refractivity contribution is -0.112. The Labute approximate surface area is 151 Å². The van der Waals surface area contributed by atoms with Crippen molar-refractivity contribution < 1.29 is 13.9 Å². The molecule has 0 aromatic heterocycles. The number of benzene rings is 2. The molecule has 0 atom stereocenters. The fourth-order valence-corrected chi connectivity index (χ4v) is 2.67. The molecule has 6 heteroatoms. The standard InChI is InChI=1S/C20H18FN3O2/c21-18-3-1-2-4-19(18)23-20(25)16(14-22)13-15-5-7-17(8-6-15)24-9-11-26-12-10-24/h1-8,13H,9-12H2,(H,23,25)/b16-13-. The van der Waals surface area contributed by atoms with Crippen LogP contribution in [0.3, 0.4) is 0 Å². The van der Waals surface area contributed by atoms with Gasteiger partial charge in [0, 0.05) is 18.8 Å². The molecule has 1 aliphatic heterocycles. The molecule has 5 nitrogen and oxygen atoms in total. The second-order valence-corrected chi connectivity index (χ2v) is 5.79. The van der Waals surface area contributed by atoms with Gasteiger partial charge in [0.15, 0.2) is 0 Å². The number of hydrogen-bond donors (Lipinski definition) is 1. The minimum Gasteiger partial charge on any atom is -0.378 e. The molecule has 1 amide bonds. The number of rotatable bonds is 4. The van der Waals surface area contributed by atoms with E-state index in [-0.39, 0.29) is 11.3 Å². The number of carbonyl (C=O) groups excluding carboxylic acids is 1. The van der Waals surface area contributed by atoms with E-state index in [4.69, 9.17) is 4.74 Å². The summed E-state index contributed by atoms with van der Waals surface area (Å²) in [6.45, 7) is 3.08. The zero-order valence-corrected chi connectivity index (χ0v) is 14.1. The fourth-order valence-electron chi connectivity index (χ4n) is 2.67. The van der Waals surface area contributed by atoms with Crippen molar-refractivity contribution in [1.29, 1.82) is 5.26 Å². The lowest BCUT2D eigenvalue weighted by atomic mass is 10.1. The molecule has 1 fully saturated rings. The van der Waals surface area contributed by atoms with Gasteiger partial charge in [-0.25, -0.2) is 4.39 Å². The largest absolute Gasteiger partial charge is 0.378 e. The molecule has 132 valence electrons. The van der Waals surface area contributed by atoms with Crippen LogP contribution in [0.15, 0.2) is 54.1 Å². The van der Waals surface area contributed by atoms with Crippen molar-refractivity contribution in [1.82, 2.24) is 0 Å². The summed E-state index contributed by atoms with van der Waals surface area (Å²) in [6.07, 6.45) is 1.49. The molecule has 2 aromatic carbocycles. The second kappa shape index (κ2) is 8.28. The van der Waals surface area contributed by atoms with Crippen LogP contribution < -0.4 is 10.2 Å². The summed E-state index contributed by atoms with van der Waals surface area (Å²) in [5.41, 5.74) is 1.75. The molecule has 1 saturated heterocycles. The van der Waals surface area contributed by atoms with Gasteiger partial charge in [0.1, 0.15) is 17.5 Å². The first kappa shape index (κ1) is 17.6. The molecule has 1 aliphatic rings. The van der Waals surface area contributed by atoms with E-state index in [1.165, 1.54) is 24.3 Å². The van der Waals surface area contributed by atoms with Crippen molar-refractivity contribution in [2.75, 3.05) is 36.5 Å². The number of nitrogens with one attached hydrogen (secondary N) is 1. The molecule has 0 unspecified atom stereocenters. The molecule has 0 spiro atoms. The number of anilines is 2. The zero-order valence-electron chi connectivity index (χ0n) is 14.1. The fraction of sp³-hybridized carbons (Fsp3) is 0.200. The second-order valence-electron chi connectivity index (χ2n) is 5.79. The highest BCUT2D eigenvalue weighted by atomic mass is 19.1. The molecular weight excluding hydrogens is 333 g/mol. The average molecular weight is 351 g/mol. The van der Waals surface area contributed by atoms with Crippen LogP contribution in [0.1, 0.15) is 5.56 Å². The quantitative estimate of drug-likeness (QED) is 0.679. The van der Waals surface area contributed by atoms with E-state index < -0.39 is 11.7 Å². The lowest BCUT2D eigenvalue weighted by Gasteiger charge is -2.28. The van der Waals surface area contributed by atoms with Gasteiger partial charge in [-0.05, 0) is 35.9 Å². The molecule has 0 aliphatic carbocycles. The average Bonchev–Trinajstić information content (AvgIpc) is 2.69. The topological polar surface area (TPSA) is 65.4 Å². The number of morpholine rings is 1. The monoisotopic (exact) mass is 351 g/mol. The number of para-hydroxylation sites is 1. The Morgan fingerprint density at radius 1 is 1.15 bits per heavy atom. The number of amides is 1. The predicted molar refractivity (Wildman–Crippen MR) is 98.1 cm³/mol. The van der Waals surface area contributed by atoms with Gasteiger partial charge in [0.2, 0.25) is 0 Å². The molecule has 0 saturated carbocycles. The maximum atomic E-state index is 13.6. The SMILES string of the molecule is N#C/C(=C/c1ccc(N2CCOCC2)cc1)C(=O)Nc1ccccc1F. The van der Waals surface area contributed by atoms with Crippen molar-refractivity contribution in [2.24, 2.45) is 0 Å². The van der Waals surface area contributed by atoms with Gasteiger partial charge in [0.25, 0.3) is 5.91 Å². The number of ether oxygens (including phenoxy) is 1. The number of hydrogen-bond acceptors (Lipinski definition) is 4. The van der Waals surface area contributed by atoms with Gasteiger partial charge in [-0.1, -0.05) is 24.3 Å². The van der Waals surface area contributed by atoms with E-state index in [9.17, 15) is 14.4 Å². The first-order valence-electron chi connectivity index (χ1n) is 8.28. The number of nitrogens with zero attached hydrogens (tertiary/aromatic N) is 2. The summed E-state index contributed by atoms with van der Waals surface area (Å²) >= 11 is 0. The summed E-state index contributed by atoms with van der Waals surface area (Å²) < 4.78 is 19.0. The Hall–Kier alpha value is -3.17. The van der Waals surface area contributed by atoms with Crippen molar-refractivity contribution in [3.05, 3.63) is 65.5 Å². The summed E-state index contributed by atoms with van der Waals surface area (Å²) in [4.78, 5) is 14.4. The van der Waals surface area contributed by atoms with E-state index in [0.29, 0.717) is 13.2 Å². The van der Waals surface area contributed by atoms with Crippen molar-refractivity contribution >= 4 is 23.4 Å². The van der Waals surface area contributed by atoms with Gasteiger partial charge < -0.3 is 15.0 Å². The molecule has 0 radical (unpaired) electrons. The Kier molecular flexibility index (Phi) is 5.62. The Balaban J connectivity index is 1.73. The Bertz CT molecular complexity index is 850. The van der Waals surface area contributed by atoms with E-state index in [0.717, 1.165) is 24.3 Å². The third-order valence-corrected chi connectivity index (χ3v) is 4.07. The van der Waals surface area contributed by atoms with Crippen molar-refractivity contribution in [2.45, 2.75) is 0 Å².